The predicted molar refractivity (Wildman–Crippen MR) is 107 cm³/mol. The first-order valence-electron chi connectivity index (χ1n) is 7.86. The Bertz CT molecular complexity index is 564. The maximum atomic E-state index is 13.7. The molecule has 0 aliphatic heterocycles. The van der Waals surface area contributed by atoms with Crippen molar-refractivity contribution in [3.8, 4) is 0 Å². The number of amides is 1. The Hall–Kier alpha value is -1.38. The number of guanidine groups is 1. The Labute approximate surface area is 161 Å². The van der Waals surface area contributed by atoms with E-state index in [1.807, 2.05) is 19.9 Å². The van der Waals surface area contributed by atoms with Gasteiger partial charge in [-0.25, -0.2) is 9.38 Å². The standard InChI is InChI=1S/C17H27FN4O.HI/c1-6-9-19-17(20-11-16(23)22(4)5)21-13(3)14-8-7-12(2)15(18)10-14;/h7-8,10,13H,6,9,11H2,1-5H3,(H2,19,20,21);1H. The fraction of sp³-hybridized carbons (Fsp3) is 0.529. The lowest BCUT2D eigenvalue weighted by atomic mass is 10.1. The van der Waals surface area contributed by atoms with Crippen LogP contribution in [0.15, 0.2) is 23.2 Å². The van der Waals surface area contributed by atoms with Crippen molar-refractivity contribution in [3.05, 3.63) is 35.1 Å². The van der Waals surface area contributed by atoms with Gasteiger partial charge in [-0.3, -0.25) is 4.79 Å². The predicted octanol–water partition coefficient (Wildman–Crippen LogP) is 2.85. The van der Waals surface area contributed by atoms with Crippen molar-refractivity contribution in [1.82, 2.24) is 15.5 Å². The second-order valence-corrected chi connectivity index (χ2v) is 5.75. The largest absolute Gasteiger partial charge is 0.356 e. The number of nitrogens with zero attached hydrogens (tertiary/aromatic N) is 2. The van der Waals surface area contributed by atoms with E-state index in [4.69, 9.17) is 0 Å². The molecular formula is C17H28FIN4O. The first kappa shape index (κ1) is 22.6. The number of carbonyl (C=O) groups is 1. The molecule has 0 bridgehead atoms. The highest BCUT2D eigenvalue weighted by Gasteiger charge is 2.11. The molecule has 0 aliphatic rings. The minimum Gasteiger partial charge on any atom is -0.356 e. The van der Waals surface area contributed by atoms with E-state index in [0.29, 0.717) is 11.5 Å². The van der Waals surface area contributed by atoms with E-state index in [1.54, 1.807) is 27.1 Å². The zero-order valence-electron chi connectivity index (χ0n) is 15.0. The fourth-order valence-corrected chi connectivity index (χ4v) is 1.85. The molecule has 24 heavy (non-hydrogen) atoms. The minimum absolute atomic E-state index is 0. The van der Waals surface area contributed by atoms with E-state index in [1.165, 1.54) is 11.0 Å². The summed E-state index contributed by atoms with van der Waals surface area (Å²) in [4.78, 5) is 17.5. The summed E-state index contributed by atoms with van der Waals surface area (Å²) >= 11 is 0. The zero-order chi connectivity index (χ0) is 17.4. The molecular weight excluding hydrogens is 422 g/mol. The quantitative estimate of drug-likeness (QED) is 0.398. The Kier molecular flexibility index (Phi) is 10.6. The Morgan fingerprint density at radius 1 is 1.38 bits per heavy atom. The molecule has 1 amide bonds. The molecule has 0 saturated carbocycles. The maximum absolute atomic E-state index is 13.7. The molecule has 0 aromatic heterocycles. The minimum atomic E-state index is -0.223. The number of carbonyl (C=O) groups excluding carboxylic acids is 1. The summed E-state index contributed by atoms with van der Waals surface area (Å²) in [5.74, 6) is 0.256. The third-order valence-corrected chi connectivity index (χ3v) is 3.46. The van der Waals surface area contributed by atoms with Gasteiger partial charge in [0, 0.05) is 20.6 Å². The van der Waals surface area contributed by atoms with Crippen molar-refractivity contribution < 1.29 is 9.18 Å². The molecule has 2 N–H and O–H groups in total. The Morgan fingerprint density at radius 2 is 2.04 bits per heavy atom. The van der Waals surface area contributed by atoms with Gasteiger partial charge in [0.1, 0.15) is 12.4 Å². The molecule has 7 heteroatoms. The van der Waals surface area contributed by atoms with Gasteiger partial charge in [0.15, 0.2) is 5.96 Å². The van der Waals surface area contributed by atoms with Gasteiger partial charge in [0.25, 0.3) is 0 Å². The number of likely N-dealkylation sites (N-methyl/N-ethyl adjacent to an activating group) is 1. The molecule has 5 nitrogen and oxygen atoms in total. The SMILES string of the molecule is CCCNC(=NCC(=O)N(C)C)NC(C)c1ccc(C)c(F)c1.I. The summed E-state index contributed by atoms with van der Waals surface area (Å²) in [5.41, 5.74) is 1.45. The number of hydrogen-bond acceptors (Lipinski definition) is 2. The maximum Gasteiger partial charge on any atom is 0.243 e. The molecule has 1 unspecified atom stereocenters. The van der Waals surface area contributed by atoms with Crippen LogP contribution < -0.4 is 10.6 Å². The van der Waals surface area contributed by atoms with Gasteiger partial charge >= 0.3 is 0 Å². The third kappa shape index (κ3) is 7.46. The molecule has 0 spiro atoms. The van der Waals surface area contributed by atoms with Gasteiger partial charge in [0.2, 0.25) is 5.91 Å². The number of benzene rings is 1. The molecule has 1 aromatic carbocycles. The smallest absolute Gasteiger partial charge is 0.243 e. The van der Waals surface area contributed by atoms with Crippen molar-refractivity contribution in [2.45, 2.75) is 33.2 Å². The first-order valence-corrected chi connectivity index (χ1v) is 7.86. The topological polar surface area (TPSA) is 56.7 Å². The monoisotopic (exact) mass is 450 g/mol. The fourth-order valence-electron chi connectivity index (χ4n) is 1.85. The van der Waals surface area contributed by atoms with Crippen LogP contribution in [0.4, 0.5) is 4.39 Å². The van der Waals surface area contributed by atoms with E-state index in [2.05, 4.69) is 15.6 Å². The van der Waals surface area contributed by atoms with Crippen molar-refractivity contribution >= 4 is 35.8 Å². The van der Waals surface area contributed by atoms with E-state index < -0.39 is 0 Å². The summed E-state index contributed by atoms with van der Waals surface area (Å²) in [6.07, 6.45) is 0.940. The van der Waals surface area contributed by atoms with Crippen LogP contribution in [0, 0.1) is 12.7 Å². The van der Waals surface area contributed by atoms with Crippen LogP contribution in [0.2, 0.25) is 0 Å². The van der Waals surface area contributed by atoms with Crippen molar-refractivity contribution in [2.24, 2.45) is 4.99 Å². The van der Waals surface area contributed by atoms with Gasteiger partial charge in [-0.05, 0) is 37.5 Å². The zero-order valence-corrected chi connectivity index (χ0v) is 17.3. The van der Waals surface area contributed by atoms with Crippen LogP contribution in [0.5, 0.6) is 0 Å². The van der Waals surface area contributed by atoms with Crippen LogP contribution in [0.1, 0.15) is 37.4 Å². The second-order valence-electron chi connectivity index (χ2n) is 5.75. The van der Waals surface area contributed by atoms with Crippen molar-refractivity contribution in [1.29, 1.82) is 0 Å². The van der Waals surface area contributed by atoms with Gasteiger partial charge < -0.3 is 15.5 Å². The number of rotatable bonds is 6. The van der Waals surface area contributed by atoms with Crippen LogP contribution in [0.25, 0.3) is 0 Å². The van der Waals surface area contributed by atoms with Gasteiger partial charge in [-0.1, -0.05) is 19.1 Å². The summed E-state index contributed by atoms with van der Waals surface area (Å²) in [6, 6.07) is 5.05. The summed E-state index contributed by atoms with van der Waals surface area (Å²) in [7, 11) is 3.39. The molecule has 1 atom stereocenters. The van der Waals surface area contributed by atoms with Crippen LogP contribution in [-0.4, -0.2) is 44.0 Å². The molecule has 0 radical (unpaired) electrons. The van der Waals surface area contributed by atoms with Gasteiger partial charge in [0.05, 0.1) is 6.04 Å². The number of hydrogen-bond donors (Lipinski definition) is 2. The molecule has 136 valence electrons. The van der Waals surface area contributed by atoms with Crippen LogP contribution in [-0.2, 0) is 4.79 Å². The lowest BCUT2D eigenvalue weighted by Crippen LogP contribution is -2.40. The third-order valence-electron chi connectivity index (χ3n) is 3.46. The number of halogens is 2. The van der Waals surface area contributed by atoms with E-state index in [-0.39, 0.29) is 48.3 Å². The summed E-state index contributed by atoms with van der Waals surface area (Å²) in [5, 5.41) is 6.38. The van der Waals surface area contributed by atoms with Crippen molar-refractivity contribution in [3.63, 3.8) is 0 Å². The molecule has 0 aliphatic carbocycles. The van der Waals surface area contributed by atoms with E-state index >= 15 is 0 Å². The molecule has 0 saturated heterocycles. The van der Waals surface area contributed by atoms with Crippen LogP contribution >= 0.6 is 24.0 Å². The first-order chi connectivity index (χ1) is 10.8. The van der Waals surface area contributed by atoms with E-state index in [0.717, 1.165) is 18.5 Å². The highest BCUT2D eigenvalue weighted by Crippen LogP contribution is 2.16. The summed E-state index contributed by atoms with van der Waals surface area (Å²) < 4.78 is 13.7. The average Bonchev–Trinajstić information content (AvgIpc) is 2.51. The summed E-state index contributed by atoms with van der Waals surface area (Å²) in [6.45, 7) is 6.53. The van der Waals surface area contributed by atoms with Crippen LogP contribution in [0.3, 0.4) is 0 Å². The average molecular weight is 450 g/mol. The molecule has 1 aromatic rings. The molecule has 0 fully saturated rings. The van der Waals surface area contributed by atoms with E-state index in [9.17, 15) is 9.18 Å². The van der Waals surface area contributed by atoms with Gasteiger partial charge in [-0.2, -0.15) is 0 Å². The number of nitrogens with one attached hydrogen (secondary N) is 2. The lowest BCUT2D eigenvalue weighted by Gasteiger charge is -2.19. The highest BCUT2D eigenvalue weighted by molar-refractivity contribution is 14.0. The molecule has 0 heterocycles. The normalized spacial score (nSPS) is 12.2. The Balaban J connectivity index is 0.00000529. The number of aliphatic imine (C=N–C) groups is 1. The Morgan fingerprint density at radius 3 is 2.58 bits per heavy atom. The number of aryl methyl sites for hydroxylation is 1. The molecule has 1 rings (SSSR count). The second kappa shape index (κ2) is 11.2. The lowest BCUT2D eigenvalue weighted by molar-refractivity contribution is -0.127. The van der Waals surface area contributed by atoms with Crippen molar-refractivity contribution in [2.75, 3.05) is 27.2 Å². The van der Waals surface area contributed by atoms with Gasteiger partial charge in [-0.15, -0.1) is 24.0 Å². The highest BCUT2D eigenvalue weighted by atomic mass is 127.